The summed E-state index contributed by atoms with van der Waals surface area (Å²) in [5, 5.41) is 0.689. The van der Waals surface area contributed by atoms with E-state index in [2.05, 4.69) is 25.6 Å². The van der Waals surface area contributed by atoms with E-state index in [1.807, 2.05) is 0 Å². The van der Waals surface area contributed by atoms with Gasteiger partial charge in [0.1, 0.15) is 15.4 Å². The minimum absolute atomic E-state index is 0.0305. The number of halogens is 1. The molecule has 1 aliphatic carbocycles. The minimum atomic E-state index is -4.07. The van der Waals surface area contributed by atoms with Crippen molar-refractivity contribution in [2.75, 3.05) is 17.1 Å². The molecule has 3 N–H and O–H groups in total. The van der Waals surface area contributed by atoms with E-state index in [0.29, 0.717) is 50.2 Å². The van der Waals surface area contributed by atoms with Gasteiger partial charge in [0.15, 0.2) is 11.5 Å². The van der Waals surface area contributed by atoms with Crippen molar-refractivity contribution in [2.24, 2.45) is 0 Å². The zero-order chi connectivity index (χ0) is 29.3. The smallest absolute Gasteiger partial charge is 0.341 e. The van der Waals surface area contributed by atoms with Gasteiger partial charge in [-0.3, -0.25) is 13.9 Å². The van der Waals surface area contributed by atoms with Crippen LogP contribution in [0.5, 0.6) is 0 Å². The van der Waals surface area contributed by atoms with Gasteiger partial charge in [-0.15, -0.1) is 22.7 Å². The van der Waals surface area contributed by atoms with Crippen LogP contribution in [0.3, 0.4) is 0 Å². The molecule has 1 aliphatic rings. The number of hydrogen-bond donors (Lipinski definition) is 2. The number of carbonyl (C=O) groups excluding carboxylic acids is 1. The van der Waals surface area contributed by atoms with E-state index >= 15 is 0 Å². The lowest BCUT2D eigenvalue weighted by Gasteiger charge is -2.15. The molecule has 0 radical (unpaired) electrons. The first-order chi connectivity index (χ1) is 20.2. The standard InChI is InChI=1S/C28H20BrN5O5S3/c1-2-39-28(36)21-19-17(40-23(21)30)11-12-18-20(19)22-26(41-18)32-25-24(33-42(37,38)14-9-7-13(29)8-10-14)31-15-5-3-4-6-16(15)34(25)27(22)35/h3-10H,2,11-12,30H2,1H3,(H,31,33). The lowest BCUT2D eigenvalue weighted by atomic mass is 9.92. The molecule has 4 aromatic heterocycles. The van der Waals surface area contributed by atoms with Gasteiger partial charge in [0, 0.05) is 25.4 Å². The number of aryl methyl sites for hydroxylation is 2. The van der Waals surface area contributed by atoms with Crippen LogP contribution in [0.25, 0.3) is 38.0 Å². The maximum atomic E-state index is 14.5. The summed E-state index contributed by atoms with van der Waals surface area (Å²) in [5.41, 5.74) is 8.37. The Morgan fingerprint density at radius 2 is 1.79 bits per heavy atom. The molecule has 0 spiro atoms. The number of nitrogen functional groups attached to an aromatic ring is 1. The quantitative estimate of drug-likeness (QED) is 0.176. The molecule has 0 amide bonds. The summed E-state index contributed by atoms with van der Waals surface area (Å²) < 4.78 is 36.7. The van der Waals surface area contributed by atoms with Crippen molar-refractivity contribution in [1.29, 1.82) is 0 Å². The fourth-order valence-corrected chi connectivity index (χ4v) is 8.78. The molecule has 0 atom stereocenters. The van der Waals surface area contributed by atoms with Crippen LogP contribution >= 0.6 is 38.6 Å². The number of esters is 1. The van der Waals surface area contributed by atoms with Crippen molar-refractivity contribution in [1.82, 2.24) is 14.4 Å². The molecule has 212 valence electrons. The number of nitrogens with two attached hydrogens (primary N) is 1. The SMILES string of the molecule is CCOC(=O)c1c(N)sc2c1-c1c(sc3nc4c(NS(=O)(=O)c5ccc(Br)cc5)nc5ccccc5n4c(=O)c13)CC2. The maximum absolute atomic E-state index is 14.5. The number of carbonyl (C=O) groups is 1. The zero-order valence-corrected chi connectivity index (χ0v) is 25.8. The van der Waals surface area contributed by atoms with Gasteiger partial charge in [-0.25, -0.2) is 23.2 Å². The van der Waals surface area contributed by atoms with Gasteiger partial charge in [0.05, 0.1) is 27.9 Å². The highest BCUT2D eigenvalue weighted by molar-refractivity contribution is 9.10. The third-order valence-electron chi connectivity index (χ3n) is 7.04. The number of ether oxygens (including phenoxy) is 1. The van der Waals surface area contributed by atoms with Crippen molar-refractivity contribution in [2.45, 2.75) is 24.7 Å². The summed E-state index contributed by atoms with van der Waals surface area (Å²) in [6.45, 7) is 1.91. The number of hydrogen-bond acceptors (Lipinski definition) is 10. The molecule has 0 aliphatic heterocycles. The first kappa shape index (κ1) is 27.0. The first-order valence-corrected chi connectivity index (χ1v) is 16.7. The summed E-state index contributed by atoms with van der Waals surface area (Å²) in [5.74, 6) is -0.609. The highest BCUT2D eigenvalue weighted by atomic mass is 79.9. The van der Waals surface area contributed by atoms with E-state index in [9.17, 15) is 18.0 Å². The largest absolute Gasteiger partial charge is 0.462 e. The predicted molar refractivity (Wildman–Crippen MR) is 168 cm³/mol. The number of sulfonamides is 1. The second kappa shape index (κ2) is 9.87. The van der Waals surface area contributed by atoms with Crippen LogP contribution in [-0.2, 0) is 27.6 Å². The molecule has 0 bridgehead atoms. The summed E-state index contributed by atoms with van der Waals surface area (Å²) in [6, 6.07) is 13.1. The number of nitrogens with zero attached hydrogens (tertiary/aromatic N) is 3. The monoisotopic (exact) mass is 681 g/mol. The summed E-state index contributed by atoms with van der Waals surface area (Å²) in [4.78, 5) is 39.1. The Bertz CT molecular complexity index is 2270. The van der Waals surface area contributed by atoms with Gasteiger partial charge in [-0.2, -0.15) is 0 Å². The Balaban J connectivity index is 1.53. The number of thiophene rings is 2. The highest BCUT2D eigenvalue weighted by Crippen LogP contribution is 2.49. The molecular weight excluding hydrogens is 662 g/mol. The zero-order valence-electron chi connectivity index (χ0n) is 21.8. The molecule has 4 heterocycles. The lowest BCUT2D eigenvalue weighted by molar-refractivity contribution is 0.0529. The second-order valence-corrected chi connectivity index (χ2v) is 14.3. The number of fused-ring (bicyclic) bond motifs is 8. The number of anilines is 2. The van der Waals surface area contributed by atoms with Gasteiger partial charge in [-0.05, 0) is 56.2 Å². The molecule has 2 aromatic carbocycles. The summed E-state index contributed by atoms with van der Waals surface area (Å²) >= 11 is 5.99. The molecule has 0 saturated carbocycles. The third kappa shape index (κ3) is 4.12. The van der Waals surface area contributed by atoms with Gasteiger partial charge in [0.2, 0.25) is 0 Å². The average Bonchev–Trinajstić information content (AvgIpc) is 3.50. The van der Waals surface area contributed by atoms with Crippen molar-refractivity contribution in [3.63, 3.8) is 0 Å². The Morgan fingerprint density at radius 1 is 1.07 bits per heavy atom. The molecule has 42 heavy (non-hydrogen) atoms. The minimum Gasteiger partial charge on any atom is -0.462 e. The number of benzene rings is 2. The van der Waals surface area contributed by atoms with Crippen LogP contribution in [0, 0.1) is 0 Å². The topological polar surface area (TPSA) is 146 Å². The van der Waals surface area contributed by atoms with Crippen molar-refractivity contribution < 1.29 is 17.9 Å². The molecular formula is C28H20BrN5O5S3. The average molecular weight is 683 g/mol. The van der Waals surface area contributed by atoms with Crippen molar-refractivity contribution in [3.05, 3.63) is 78.7 Å². The van der Waals surface area contributed by atoms with Crippen LogP contribution in [0.1, 0.15) is 27.0 Å². The van der Waals surface area contributed by atoms with E-state index in [-0.39, 0.29) is 28.5 Å². The van der Waals surface area contributed by atoms with E-state index < -0.39 is 21.6 Å². The fourth-order valence-electron chi connectivity index (χ4n) is 5.28. The lowest BCUT2D eigenvalue weighted by Crippen LogP contribution is -2.21. The van der Waals surface area contributed by atoms with Gasteiger partial charge in [-0.1, -0.05) is 28.1 Å². The van der Waals surface area contributed by atoms with Crippen LogP contribution in [0.4, 0.5) is 10.8 Å². The molecule has 14 heteroatoms. The third-order valence-corrected chi connectivity index (χ3v) is 11.1. The Kier molecular flexibility index (Phi) is 6.34. The molecule has 0 unspecified atom stereocenters. The predicted octanol–water partition coefficient (Wildman–Crippen LogP) is 5.61. The van der Waals surface area contributed by atoms with Crippen LogP contribution in [0.2, 0.25) is 0 Å². The molecule has 0 fully saturated rings. The van der Waals surface area contributed by atoms with Gasteiger partial charge < -0.3 is 10.5 Å². The maximum Gasteiger partial charge on any atom is 0.341 e. The van der Waals surface area contributed by atoms with Crippen LogP contribution < -0.4 is 16.0 Å². The molecule has 0 saturated heterocycles. The van der Waals surface area contributed by atoms with Crippen LogP contribution in [-0.4, -0.2) is 35.4 Å². The van der Waals surface area contributed by atoms with Gasteiger partial charge in [0.25, 0.3) is 15.6 Å². The number of nitrogens with one attached hydrogen (secondary N) is 1. The van der Waals surface area contributed by atoms with E-state index in [4.69, 9.17) is 15.5 Å². The summed E-state index contributed by atoms with van der Waals surface area (Å²) in [6.07, 6.45) is 1.31. The number of aromatic nitrogens is 3. The molecule has 6 aromatic rings. The van der Waals surface area contributed by atoms with E-state index in [1.165, 1.54) is 39.2 Å². The first-order valence-electron chi connectivity index (χ1n) is 12.8. The number of rotatable bonds is 5. The van der Waals surface area contributed by atoms with E-state index in [0.717, 1.165) is 14.2 Å². The normalized spacial score (nSPS) is 12.9. The second-order valence-electron chi connectivity index (χ2n) is 9.52. The Labute approximate surface area is 255 Å². The summed E-state index contributed by atoms with van der Waals surface area (Å²) in [7, 11) is -4.07. The number of para-hydroxylation sites is 2. The van der Waals surface area contributed by atoms with Gasteiger partial charge >= 0.3 is 5.97 Å². The van der Waals surface area contributed by atoms with E-state index in [1.54, 1.807) is 43.3 Å². The van der Waals surface area contributed by atoms with Crippen LogP contribution in [0.15, 0.2) is 62.7 Å². The Morgan fingerprint density at radius 3 is 2.52 bits per heavy atom. The van der Waals surface area contributed by atoms with Crippen molar-refractivity contribution in [3.8, 4) is 11.1 Å². The fraction of sp³-hybridized carbons (Fsp3) is 0.143. The van der Waals surface area contributed by atoms with Crippen molar-refractivity contribution >= 4 is 92.3 Å². The Hall–Kier alpha value is -3.85. The highest BCUT2D eigenvalue weighted by Gasteiger charge is 2.33. The molecule has 7 rings (SSSR count). The molecule has 10 nitrogen and oxygen atoms in total.